The van der Waals surface area contributed by atoms with Crippen LogP contribution in [0.1, 0.15) is 0 Å². The van der Waals surface area contributed by atoms with Crippen LogP contribution in [0.4, 0.5) is 0 Å². The second-order valence-electron chi connectivity index (χ2n) is 0.954. The van der Waals surface area contributed by atoms with E-state index in [9.17, 15) is 0 Å². The highest BCUT2D eigenvalue weighted by atomic mass is 32.2. The standard InChI is InChI=1S/C5H4N2S/c1-8-5(4-7)2-3-6/h2H,1H3. The minimum Gasteiger partial charge on any atom is -0.193 e. The third-order valence-corrected chi connectivity index (χ3v) is 1.17. The molecular weight excluding hydrogens is 120 g/mol. The first-order chi connectivity index (χ1) is 3.85. The van der Waals surface area contributed by atoms with E-state index in [0.717, 1.165) is 0 Å². The number of thioether (sulfide) groups is 1. The molecule has 0 fully saturated rings. The van der Waals surface area contributed by atoms with E-state index in [4.69, 9.17) is 10.5 Å². The molecule has 8 heavy (non-hydrogen) atoms. The van der Waals surface area contributed by atoms with Crippen molar-refractivity contribution in [2.45, 2.75) is 0 Å². The van der Waals surface area contributed by atoms with Gasteiger partial charge in [-0.2, -0.15) is 10.5 Å². The van der Waals surface area contributed by atoms with Crippen LogP contribution < -0.4 is 0 Å². The van der Waals surface area contributed by atoms with Crippen molar-refractivity contribution in [1.29, 1.82) is 10.5 Å². The van der Waals surface area contributed by atoms with Gasteiger partial charge in [-0.3, -0.25) is 0 Å². The molecule has 0 unspecified atom stereocenters. The van der Waals surface area contributed by atoms with E-state index in [2.05, 4.69) is 0 Å². The summed E-state index contributed by atoms with van der Waals surface area (Å²) in [4.78, 5) is 0.451. The molecule has 0 aliphatic carbocycles. The number of hydrogen-bond donors (Lipinski definition) is 0. The summed E-state index contributed by atoms with van der Waals surface area (Å²) in [5.41, 5.74) is 0. The largest absolute Gasteiger partial charge is 0.193 e. The Morgan fingerprint density at radius 2 is 2.25 bits per heavy atom. The fraction of sp³-hybridized carbons (Fsp3) is 0.200. The van der Waals surface area contributed by atoms with Gasteiger partial charge < -0.3 is 0 Å². The number of rotatable bonds is 1. The summed E-state index contributed by atoms with van der Waals surface area (Å²) in [6, 6.07) is 3.62. The van der Waals surface area contributed by atoms with Crippen molar-refractivity contribution in [2.75, 3.05) is 6.26 Å². The fourth-order valence-electron chi connectivity index (χ4n) is 0.195. The summed E-state index contributed by atoms with van der Waals surface area (Å²) < 4.78 is 0. The smallest absolute Gasteiger partial charge is 0.107 e. The second-order valence-corrected chi connectivity index (χ2v) is 1.80. The minimum atomic E-state index is 0.451. The van der Waals surface area contributed by atoms with Crippen LogP contribution in [0.5, 0.6) is 0 Å². The molecule has 0 aromatic heterocycles. The second kappa shape index (κ2) is 4.23. The summed E-state index contributed by atoms with van der Waals surface area (Å²) in [6.45, 7) is 0. The van der Waals surface area contributed by atoms with Crippen molar-refractivity contribution < 1.29 is 0 Å². The van der Waals surface area contributed by atoms with Gasteiger partial charge in [0.2, 0.25) is 0 Å². The Morgan fingerprint density at radius 1 is 1.62 bits per heavy atom. The van der Waals surface area contributed by atoms with Gasteiger partial charge in [0.05, 0.1) is 11.0 Å². The third kappa shape index (κ3) is 2.28. The molecule has 0 radical (unpaired) electrons. The van der Waals surface area contributed by atoms with E-state index in [1.165, 1.54) is 17.8 Å². The lowest BCUT2D eigenvalue weighted by atomic mass is 10.5. The SMILES string of the molecule is CSC(C#N)=CC#N. The van der Waals surface area contributed by atoms with Gasteiger partial charge in [-0.05, 0) is 6.26 Å². The lowest BCUT2D eigenvalue weighted by molar-refractivity contribution is 1.51. The molecule has 0 spiro atoms. The fourth-order valence-corrected chi connectivity index (χ4v) is 0.457. The predicted molar refractivity (Wildman–Crippen MR) is 32.8 cm³/mol. The molecule has 2 nitrogen and oxygen atoms in total. The van der Waals surface area contributed by atoms with Gasteiger partial charge in [-0.15, -0.1) is 11.8 Å². The van der Waals surface area contributed by atoms with Gasteiger partial charge in [-0.1, -0.05) is 0 Å². The molecule has 0 amide bonds. The van der Waals surface area contributed by atoms with Gasteiger partial charge in [0, 0.05) is 6.08 Å². The summed E-state index contributed by atoms with van der Waals surface area (Å²) in [7, 11) is 0. The van der Waals surface area contributed by atoms with Crippen molar-refractivity contribution in [3.8, 4) is 12.1 Å². The lowest BCUT2D eigenvalue weighted by Crippen LogP contribution is -1.63. The van der Waals surface area contributed by atoms with Crippen molar-refractivity contribution in [3.05, 3.63) is 11.0 Å². The maximum absolute atomic E-state index is 8.17. The molecule has 0 aliphatic heterocycles. The van der Waals surface area contributed by atoms with Crippen LogP contribution in [0.25, 0.3) is 0 Å². The molecule has 0 saturated heterocycles. The molecule has 0 aromatic rings. The molecule has 0 heterocycles. The normalized spacial score (nSPS) is 9.62. The molecule has 0 saturated carbocycles. The molecule has 0 rings (SSSR count). The van der Waals surface area contributed by atoms with Gasteiger partial charge in [0.25, 0.3) is 0 Å². The van der Waals surface area contributed by atoms with Crippen molar-refractivity contribution in [2.24, 2.45) is 0 Å². The Bertz CT molecular complexity index is 170. The molecule has 40 valence electrons. The van der Waals surface area contributed by atoms with Crippen molar-refractivity contribution in [1.82, 2.24) is 0 Å². The first-order valence-corrected chi connectivity index (χ1v) is 3.11. The maximum atomic E-state index is 8.17. The zero-order valence-corrected chi connectivity index (χ0v) is 5.20. The number of nitrogens with zero attached hydrogens (tertiary/aromatic N) is 2. The van der Waals surface area contributed by atoms with Crippen molar-refractivity contribution in [3.63, 3.8) is 0 Å². The zero-order valence-electron chi connectivity index (χ0n) is 4.38. The maximum Gasteiger partial charge on any atom is 0.107 e. The highest BCUT2D eigenvalue weighted by molar-refractivity contribution is 8.02. The molecular formula is C5H4N2S. The van der Waals surface area contributed by atoms with Gasteiger partial charge in [0.15, 0.2) is 0 Å². The first-order valence-electron chi connectivity index (χ1n) is 1.89. The van der Waals surface area contributed by atoms with Crippen LogP contribution in [0, 0.1) is 22.7 Å². The van der Waals surface area contributed by atoms with Crippen LogP contribution in [0.3, 0.4) is 0 Å². The summed E-state index contributed by atoms with van der Waals surface area (Å²) in [6.07, 6.45) is 2.98. The predicted octanol–water partition coefficient (Wildman–Crippen LogP) is 1.28. The van der Waals surface area contributed by atoms with Crippen LogP contribution in [0.15, 0.2) is 11.0 Å². The average molecular weight is 124 g/mol. The molecule has 0 aromatic carbocycles. The Kier molecular flexibility index (Phi) is 3.74. The van der Waals surface area contributed by atoms with Crippen LogP contribution in [-0.2, 0) is 0 Å². The van der Waals surface area contributed by atoms with E-state index in [-0.39, 0.29) is 0 Å². The highest BCUT2D eigenvalue weighted by Crippen LogP contribution is 2.07. The van der Waals surface area contributed by atoms with E-state index >= 15 is 0 Å². The van der Waals surface area contributed by atoms with E-state index in [1.54, 1.807) is 12.3 Å². The van der Waals surface area contributed by atoms with Crippen molar-refractivity contribution >= 4 is 11.8 Å². The Balaban J connectivity index is 3.98. The average Bonchev–Trinajstić information content (AvgIpc) is 1.83. The quantitative estimate of drug-likeness (QED) is 0.495. The number of allylic oxidation sites excluding steroid dienone is 2. The van der Waals surface area contributed by atoms with E-state index in [0.29, 0.717) is 4.91 Å². The van der Waals surface area contributed by atoms with Gasteiger partial charge >= 0.3 is 0 Å². The molecule has 0 aliphatic rings. The summed E-state index contributed by atoms with van der Waals surface area (Å²) >= 11 is 1.27. The lowest BCUT2D eigenvalue weighted by Gasteiger charge is -1.79. The zero-order chi connectivity index (χ0) is 6.41. The Morgan fingerprint density at radius 3 is 2.38 bits per heavy atom. The monoisotopic (exact) mass is 124 g/mol. The molecule has 3 heteroatoms. The molecule has 0 atom stereocenters. The molecule has 0 bridgehead atoms. The first kappa shape index (κ1) is 7.07. The third-order valence-electron chi connectivity index (χ3n) is 0.526. The Labute approximate surface area is 52.4 Å². The summed E-state index contributed by atoms with van der Waals surface area (Å²) in [5, 5.41) is 16.2. The Hall–Kier alpha value is -0.930. The van der Waals surface area contributed by atoms with Gasteiger partial charge in [0.1, 0.15) is 6.07 Å². The number of hydrogen-bond acceptors (Lipinski definition) is 3. The topological polar surface area (TPSA) is 47.6 Å². The highest BCUT2D eigenvalue weighted by Gasteiger charge is 1.85. The molecule has 0 N–H and O–H groups in total. The number of nitriles is 2. The van der Waals surface area contributed by atoms with Crippen LogP contribution in [0.2, 0.25) is 0 Å². The van der Waals surface area contributed by atoms with Crippen LogP contribution in [-0.4, -0.2) is 6.26 Å². The van der Waals surface area contributed by atoms with Gasteiger partial charge in [-0.25, -0.2) is 0 Å². The summed E-state index contributed by atoms with van der Waals surface area (Å²) in [5.74, 6) is 0. The van der Waals surface area contributed by atoms with Crippen LogP contribution >= 0.6 is 11.8 Å². The van der Waals surface area contributed by atoms with E-state index in [1.807, 2.05) is 6.07 Å². The minimum absolute atomic E-state index is 0.451. The van der Waals surface area contributed by atoms with E-state index < -0.39 is 0 Å².